The predicted molar refractivity (Wildman–Crippen MR) is 93.0 cm³/mol. The van der Waals surface area contributed by atoms with Gasteiger partial charge in [-0.05, 0) is 40.5 Å². The molecule has 6 nitrogen and oxygen atoms in total. The summed E-state index contributed by atoms with van der Waals surface area (Å²) in [4.78, 5) is 14.4. The molecule has 0 aromatic carbocycles. The minimum atomic E-state index is -0.186. The number of methoxy groups -OCH3 is 1. The molecule has 1 fully saturated rings. The molecule has 1 heterocycles. The molecule has 136 valence electrons. The van der Waals surface area contributed by atoms with Crippen LogP contribution in [0.25, 0.3) is 0 Å². The van der Waals surface area contributed by atoms with E-state index in [1.54, 1.807) is 7.11 Å². The van der Waals surface area contributed by atoms with Gasteiger partial charge in [0, 0.05) is 37.2 Å². The minimum Gasteiger partial charge on any atom is -0.378 e. The molecule has 2 rings (SSSR count). The first-order valence-corrected chi connectivity index (χ1v) is 8.53. The Morgan fingerprint density at radius 2 is 2.08 bits per heavy atom. The Labute approximate surface area is 144 Å². The molecule has 0 radical (unpaired) electrons. The molecular weight excluding hydrogens is 306 g/mol. The molecule has 1 aliphatic rings. The number of carbonyl (C=O) groups excluding carboxylic acids is 1. The zero-order valence-electron chi connectivity index (χ0n) is 16.2. The topological polar surface area (TPSA) is 67.6 Å². The van der Waals surface area contributed by atoms with Gasteiger partial charge in [0.05, 0.1) is 11.3 Å². The number of urea groups is 1. The maximum absolute atomic E-state index is 12.6. The van der Waals surface area contributed by atoms with Crippen molar-refractivity contribution in [3.63, 3.8) is 0 Å². The Morgan fingerprint density at radius 1 is 1.46 bits per heavy atom. The van der Waals surface area contributed by atoms with Crippen molar-refractivity contribution < 1.29 is 14.1 Å². The molecule has 1 N–H and O–H groups in total. The van der Waals surface area contributed by atoms with Crippen LogP contribution in [-0.4, -0.2) is 47.9 Å². The number of hydrogen-bond donors (Lipinski definition) is 1. The van der Waals surface area contributed by atoms with Crippen LogP contribution in [0.4, 0.5) is 4.79 Å². The molecular formula is C18H31N3O3. The van der Waals surface area contributed by atoms with Crippen LogP contribution < -0.4 is 5.32 Å². The van der Waals surface area contributed by atoms with Gasteiger partial charge in [0.1, 0.15) is 5.76 Å². The highest BCUT2D eigenvalue weighted by Crippen LogP contribution is 2.53. The van der Waals surface area contributed by atoms with Gasteiger partial charge in [-0.15, -0.1) is 0 Å². The van der Waals surface area contributed by atoms with Gasteiger partial charge < -0.3 is 19.5 Å². The van der Waals surface area contributed by atoms with Crippen molar-refractivity contribution in [1.29, 1.82) is 0 Å². The SMILES string of the molecule is CO[C@]1(C)C[C@@H](N(C)C(=O)N[C@@H](C)Cc2c(C)noc2C)C1(C)C. The molecule has 6 heteroatoms. The lowest BCUT2D eigenvalue weighted by molar-refractivity contribution is -0.198. The van der Waals surface area contributed by atoms with Crippen LogP contribution in [0.1, 0.15) is 51.1 Å². The quantitative estimate of drug-likeness (QED) is 0.896. The van der Waals surface area contributed by atoms with E-state index in [2.05, 4.69) is 31.2 Å². The number of aromatic nitrogens is 1. The van der Waals surface area contributed by atoms with E-state index in [0.29, 0.717) is 6.42 Å². The molecule has 1 aliphatic carbocycles. The van der Waals surface area contributed by atoms with Crippen molar-refractivity contribution in [3.8, 4) is 0 Å². The van der Waals surface area contributed by atoms with Gasteiger partial charge in [-0.1, -0.05) is 19.0 Å². The van der Waals surface area contributed by atoms with Crippen molar-refractivity contribution in [1.82, 2.24) is 15.4 Å². The summed E-state index contributed by atoms with van der Waals surface area (Å²) < 4.78 is 10.8. The lowest BCUT2D eigenvalue weighted by Crippen LogP contribution is -2.69. The van der Waals surface area contributed by atoms with Crippen LogP contribution in [0, 0.1) is 19.3 Å². The van der Waals surface area contributed by atoms with Crippen LogP contribution in [0.5, 0.6) is 0 Å². The number of nitrogens with one attached hydrogen (secondary N) is 1. The second-order valence-corrected chi connectivity index (χ2v) is 7.84. The first-order valence-electron chi connectivity index (χ1n) is 8.53. The number of ether oxygens (including phenoxy) is 1. The summed E-state index contributed by atoms with van der Waals surface area (Å²) in [5.74, 6) is 0.818. The van der Waals surface area contributed by atoms with Gasteiger partial charge in [-0.2, -0.15) is 0 Å². The van der Waals surface area contributed by atoms with Crippen LogP contribution in [0.15, 0.2) is 4.52 Å². The lowest BCUT2D eigenvalue weighted by atomic mass is 9.55. The summed E-state index contributed by atoms with van der Waals surface area (Å²) in [5.41, 5.74) is 1.69. The van der Waals surface area contributed by atoms with Crippen molar-refractivity contribution in [2.75, 3.05) is 14.2 Å². The lowest BCUT2D eigenvalue weighted by Gasteiger charge is -2.61. The van der Waals surface area contributed by atoms with Crippen LogP contribution in [-0.2, 0) is 11.2 Å². The Balaban J connectivity index is 1.95. The molecule has 1 aromatic heterocycles. The fourth-order valence-electron chi connectivity index (χ4n) is 3.68. The molecule has 0 aliphatic heterocycles. The second kappa shape index (κ2) is 6.39. The first-order chi connectivity index (χ1) is 11.0. The molecule has 0 unspecified atom stereocenters. The van der Waals surface area contributed by atoms with E-state index in [1.165, 1.54) is 0 Å². The van der Waals surface area contributed by atoms with Crippen molar-refractivity contribution >= 4 is 6.03 Å². The molecule has 3 atom stereocenters. The fourth-order valence-corrected chi connectivity index (χ4v) is 3.68. The summed E-state index contributed by atoms with van der Waals surface area (Å²) in [6, 6.07) is 0.118. The van der Waals surface area contributed by atoms with Crippen molar-refractivity contribution in [3.05, 3.63) is 17.0 Å². The normalized spacial score (nSPS) is 26.6. The molecule has 2 amide bonds. The van der Waals surface area contributed by atoms with Crippen LogP contribution in [0.2, 0.25) is 0 Å². The number of nitrogens with zero attached hydrogens (tertiary/aromatic N) is 2. The molecule has 0 saturated heterocycles. The highest BCUT2D eigenvalue weighted by Gasteiger charge is 2.59. The van der Waals surface area contributed by atoms with Gasteiger partial charge in [-0.3, -0.25) is 0 Å². The van der Waals surface area contributed by atoms with Crippen LogP contribution in [0.3, 0.4) is 0 Å². The molecule has 0 bridgehead atoms. The third-order valence-electron chi connectivity index (χ3n) is 6.08. The van der Waals surface area contributed by atoms with Gasteiger partial charge in [0.2, 0.25) is 0 Å². The van der Waals surface area contributed by atoms with Gasteiger partial charge in [0.15, 0.2) is 0 Å². The zero-order valence-corrected chi connectivity index (χ0v) is 16.2. The third kappa shape index (κ3) is 3.04. The van der Waals surface area contributed by atoms with E-state index < -0.39 is 0 Å². The first kappa shape index (κ1) is 18.8. The van der Waals surface area contributed by atoms with E-state index in [0.717, 1.165) is 23.4 Å². The third-order valence-corrected chi connectivity index (χ3v) is 6.08. The summed E-state index contributed by atoms with van der Waals surface area (Å²) >= 11 is 0. The average Bonchev–Trinajstić information content (AvgIpc) is 2.83. The summed E-state index contributed by atoms with van der Waals surface area (Å²) in [5, 5.41) is 7.05. The number of hydrogen-bond acceptors (Lipinski definition) is 4. The second-order valence-electron chi connectivity index (χ2n) is 7.84. The van der Waals surface area contributed by atoms with Gasteiger partial charge in [0.25, 0.3) is 0 Å². The van der Waals surface area contributed by atoms with Crippen molar-refractivity contribution in [2.45, 2.75) is 72.1 Å². The molecule has 0 spiro atoms. The number of rotatable bonds is 5. The highest BCUT2D eigenvalue weighted by atomic mass is 16.5. The summed E-state index contributed by atoms with van der Waals surface area (Å²) in [6.45, 7) is 12.2. The number of carbonyl (C=O) groups is 1. The van der Waals surface area contributed by atoms with E-state index in [1.807, 2.05) is 32.7 Å². The van der Waals surface area contributed by atoms with E-state index in [4.69, 9.17) is 9.26 Å². The van der Waals surface area contributed by atoms with Crippen LogP contribution >= 0.6 is 0 Å². The Bertz CT molecular complexity index is 591. The largest absolute Gasteiger partial charge is 0.378 e. The van der Waals surface area contributed by atoms with E-state index >= 15 is 0 Å². The van der Waals surface area contributed by atoms with Crippen molar-refractivity contribution in [2.24, 2.45) is 5.41 Å². The monoisotopic (exact) mass is 337 g/mol. The standard InChI is InChI=1S/C18H31N3O3/c1-11(9-14-12(2)20-24-13(14)3)19-16(22)21(7)15-10-18(6,23-8)17(15,4)5/h11,15H,9-10H2,1-8H3,(H,19,22)/t11-,15+,18+/m0/s1. The summed E-state index contributed by atoms with van der Waals surface area (Å²) in [6.07, 6.45) is 1.56. The van der Waals surface area contributed by atoms with Gasteiger partial charge >= 0.3 is 6.03 Å². The maximum atomic E-state index is 12.6. The maximum Gasteiger partial charge on any atom is 0.317 e. The average molecular weight is 337 g/mol. The van der Waals surface area contributed by atoms with Gasteiger partial charge in [-0.25, -0.2) is 4.79 Å². The minimum absolute atomic E-state index is 0.00810. The molecule has 1 aromatic rings. The fraction of sp³-hybridized carbons (Fsp3) is 0.778. The summed E-state index contributed by atoms with van der Waals surface area (Å²) in [7, 11) is 3.60. The number of aryl methyl sites for hydroxylation is 2. The predicted octanol–water partition coefficient (Wildman–Crippen LogP) is 3.07. The van der Waals surface area contributed by atoms with E-state index in [-0.39, 0.29) is 29.1 Å². The zero-order chi connectivity index (χ0) is 18.3. The highest BCUT2D eigenvalue weighted by molar-refractivity contribution is 5.75. The molecule has 24 heavy (non-hydrogen) atoms. The smallest absolute Gasteiger partial charge is 0.317 e. The molecule has 1 saturated carbocycles. The Morgan fingerprint density at radius 3 is 2.54 bits per heavy atom. The Kier molecular flexibility index (Phi) is 5.00. The van der Waals surface area contributed by atoms with E-state index in [9.17, 15) is 4.79 Å². The number of amides is 2. The Hall–Kier alpha value is -1.56.